The van der Waals surface area contributed by atoms with E-state index in [1.165, 1.54) is 14.4 Å². The number of para-hydroxylation sites is 2. The Balaban J connectivity index is 1.30. The summed E-state index contributed by atoms with van der Waals surface area (Å²) in [6.07, 6.45) is 2.98. The molecule has 1 saturated heterocycles. The van der Waals surface area contributed by atoms with Crippen molar-refractivity contribution < 1.29 is 17.6 Å². The molecule has 1 amide bonds. The van der Waals surface area contributed by atoms with Gasteiger partial charge >= 0.3 is 5.76 Å². The first-order valence-corrected chi connectivity index (χ1v) is 12.3. The van der Waals surface area contributed by atoms with Crippen molar-refractivity contribution in [3.8, 4) is 0 Å². The maximum Gasteiger partial charge on any atom is 0.420 e. The molecular formula is C23H25N3O5S. The largest absolute Gasteiger partial charge is 0.420 e. The summed E-state index contributed by atoms with van der Waals surface area (Å²) in [6.45, 7) is 2.66. The van der Waals surface area contributed by atoms with Crippen LogP contribution in [0.25, 0.3) is 11.1 Å². The van der Waals surface area contributed by atoms with E-state index in [0.717, 1.165) is 24.8 Å². The van der Waals surface area contributed by atoms with Crippen LogP contribution in [0.2, 0.25) is 0 Å². The Morgan fingerprint density at radius 3 is 2.50 bits per heavy atom. The molecule has 32 heavy (non-hydrogen) atoms. The number of piperazine rings is 1. The summed E-state index contributed by atoms with van der Waals surface area (Å²) in [5.74, 6) is -0.807. The zero-order valence-electron chi connectivity index (χ0n) is 17.9. The van der Waals surface area contributed by atoms with E-state index in [1.54, 1.807) is 48.2 Å². The van der Waals surface area contributed by atoms with Crippen molar-refractivity contribution in [2.24, 2.45) is 0 Å². The van der Waals surface area contributed by atoms with Crippen molar-refractivity contribution >= 4 is 27.0 Å². The summed E-state index contributed by atoms with van der Waals surface area (Å²) < 4.78 is 34.3. The molecule has 0 N–H and O–H groups in total. The van der Waals surface area contributed by atoms with E-state index >= 15 is 0 Å². The van der Waals surface area contributed by atoms with E-state index in [4.69, 9.17) is 4.42 Å². The molecule has 0 bridgehead atoms. The first-order valence-electron chi connectivity index (χ1n) is 10.9. The fourth-order valence-electron chi connectivity index (χ4n) is 4.73. The summed E-state index contributed by atoms with van der Waals surface area (Å²) in [5, 5.41) is 0. The van der Waals surface area contributed by atoms with Gasteiger partial charge in [-0.05, 0) is 61.6 Å². The molecule has 2 aromatic carbocycles. The number of amides is 1. The van der Waals surface area contributed by atoms with Crippen molar-refractivity contribution in [1.82, 2.24) is 13.8 Å². The first kappa shape index (κ1) is 21.0. The highest BCUT2D eigenvalue weighted by Crippen LogP contribution is 2.27. The Morgan fingerprint density at radius 1 is 1.00 bits per heavy atom. The predicted octanol–water partition coefficient (Wildman–Crippen LogP) is 2.18. The van der Waals surface area contributed by atoms with Crippen LogP contribution in [0, 0.1) is 0 Å². The van der Waals surface area contributed by atoms with E-state index in [9.17, 15) is 18.0 Å². The lowest BCUT2D eigenvalue weighted by atomic mass is 10.1. The van der Waals surface area contributed by atoms with Gasteiger partial charge in [-0.15, -0.1) is 0 Å². The minimum Gasteiger partial charge on any atom is -0.408 e. The van der Waals surface area contributed by atoms with E-state index in [-0.39, 0.29) is 32.1 Å². The second kappa shape index (κ2) is 7.90. The molecule has 2 heterocycles. The lowest BCUT2D eigenvalue weighted by Crippen LogP contribution is -2.52. The van der Waals surface area contributed by atoms with Crippen LogP contribution in [0.15, 0.2) is 56.6 Å². The van der Waals surface area contributed by atoms with Crippen LogP contribution in [0.1, 0.15) is 30.5 Å². The molecule has 1 atom stereocenters. The maximum absolute atomic E-state index is 13.1. The monoisotopic (exact) mass is 455 g/mol. The Labute approximate surface area is 186 Å². The Morgan fingerprint density at radius 2 is 1.72 bits per heavy atom. The summed E-state index contributed by atoms with van der Waals surface area (Å²) in [5.41, 5.74) is 3.35. The molecule has 0 saturated carbocycles. The molecule has 1 aromatic heterocycles. The molecule has 0 spiro atoms. The highest BCUT2D eigenvalue weighted by atomic mass is 32.2. The normalized spacial score (nSPS) is 18.1. The van der Waals surface area contributed by atoms with Crippen LogP contribution in [-0.2, 0) is 27.7 Å². The number of aromatic nitrogens is 1. The van der Waals surface area contributed by atoms with Gasteiger partial charge in [0.15, 0.2) is 5.58 Å². The SMILES string of the molecule is CC(C(=O)N1CCN(S(=O)(=O)c2ccc3c(c2)CCC3)CC1)n1c(=O)oc2ccccc21. The molecule has 5 rings (SSSR count). The van der Waals surface area contributed by atoms with Gasteiger partial charge in [0, 0.05) is 26.2 Å². The van der Waals surface area contributed by atoms with Gasteiger partial charge in [-0.1, -0.05) is 18.2 Å². The average molecular weight is 456 g/mol. The molecule has 1 unspecified atom stereocenters. The first-order chi connectivity index (χ1) is 15.4. The van der Waals surface area contributed by atoms with E-state index in [0.29, 0.717) is 16.0 Å². The highest BCUT2D eigenvalue weighted by Gasteiger charge is 2.33. The van der Waals surface area contributed by atoms with Crippen LogP contribution in [0.4, 0.5) is 0 Å². The summed E-state index contributed by atoms with van der Waals surface area (Å²) >= 11 is 0. The third-order valence-corrected chi connectivity index (χ3v) is 8.42. The quantitative estimate of drug-likeness (QED) is 0.601. The fourth-order valence-corrected chi connectivity index (χ4v) is 6.21. The number of sulfonamides is 1. The number of benzene rings is 2. The van der Waals surface area contributed by atoms with Crippen LogP contribution >= 0.6 is 0 Å². The zero-order valence-corrected chi connectivity index (χ0v) is 18.7. The van der Waals surface area contributed by atoms with Gasteiger partial charge in [0.2, 0.25) is 15.9 Å². The number of carbonyl (C=O) groups excluding carboxylic acids is 1. The minimum absolute atomic E-state index is 0.221. The number of hydrogen-bond acceptors (Lipinski definition) is 5. The van der Waals surface area contributed by atoms with E-state index < -0.39 is 21.8 Å². The van der Waals surface area contributed by atoms with Crippen LogP contribution < -0.4 is 5.76 Å². The Hall–Kier alpha value is -2.91. The number of oxazole rings is 1. The van der Waals surface area contributed by atoms with E-state index in [1.807, 2.05) is 6.07 Å². The fraction of sp³-hybridized carbons (Fsp3) is 0.391. The molecule has 1 aliphatic carbocycles. The lowest BCUT2D eigenvalue weighted by molar-refractivity contribution is -0.135. The smallest absolute Gasteiger partial charge is 0.408 e. The second-order valence-electron chi connectivity index (χ2n) is 8.40. The topological polar surface area (TPSA) is 92.8 Å². The Kier molecular flexibility index (Phi) is 5.17. The second-order valence-corrected chi connectivity index (χ2v) is 10.3. The van der Waals surface area contributed by atoms with Crippen molar-refractivity contribution in [2.75, 3.05) is 26.2 Å². The zero-order chi connectivity index (χ0) is 22.5. The molecule has 3 aromatic rings. The van der Waals surface area contributed by atoms with Crippen molar-refractivity contribution in [3.05, 3.63) is 64.1 Å². The van der Waals surface area contributed by atoms with Gasteiger partial charge in [-0.2, -0.15) is 4.31 Å². The number of carbonyl (C=O) groups is 1. The van der Waals surface area contributed by atoms with E-state index in [2.05, 4.69) is 0 Å². The van der Waals surface area contributed by atoms with Crippen LogP contribution in [0.3, 0.4) is 0 Å². The molecule has 1 fully saturated rings. The van der Waals surface area contributed by atoms with Crippen molar-refractivity contribution in [1.29, 1.82) is 0 Å². The molecule has 168 valence electrons. The van der Waals surface area contributed by atoms with Gasteiger partial charge in [-0.25, -0.2) is 13.2 Å². The summed E-state index contributed by atoms with van der Waals surface area (Å²) in [7, 11) is -3.61. The highest BCUT2D eigenvalue weighted by molar-refractivity contribution is 7.89. The summed E-state index contributed by atoms with van der Waals surface area (Å²) in [4.78, 5) is 27.4. The molecule has 0 radical (unpaired) electrons. The van der Waals surface area contributed by atoms with Gasteiger partial charge < -0.3 is 9.32 Å². The van der Waals surface area contributed by atoms with Crippen molar-refractivity contribution in [2.45, 2.75) is 37.1 Å². The number of nitrogens with zero attached hydrogens (tertiary/aromatic N) is 3. The lowest BCUT2D eigenvalue weighted by Gasteiger charge is -2.35. The maximum atomic E-state index is 13.1. The molecular weight excluding hydrogens is 430 g/mol. The molecule has 9 heteroatoms. The third-order valence-electron chi connectivity index (χ3n) is 6.52. The number of aryl methyl sites for hydroxylation is 2. The van der Waals surface area contributed by atoms with Gasteiger partial charge in [-0.3, -0.25) is 9.36 Å². The van der Waals surface area contributed by atoms with Gasteiger partial charge in [0.25, 0.3) is 0 Å². The van der Waals surface area contributed by atoms with Crippen molar-refractivity contribution in [3.63, 3.8) is 0 Å². The number of rotatable bonds is 4. The van der Waals surface area contributed by atoms with Gasteiger partial charge in [0.05, 0.1) is 10.4 Å². The minimum atomic E-state index is -3.61. The number of fused-ring (bicyclic) bond motifs is 2. The Bertz CT molecular complexity index is 1350. The number of hydrogen-bond donors (Lipinski definition) is 0. The predicted molar refractivity (Wildman–Crippen MR) is 119 cm³/mol. The standard InChI is InChI=1S/C23H25N3O5S/c1-16(26-20-7-2-3-8-21(20)31-23(26)28)22(27)24-11-13-25(14-12-24)32(29,30)19-10-9-17-5-4-6-18(17)15-19/h2-3,7-10,15-16H,4-6,11-14H2,1H3. The summed E-state index contributed by atoms with van der Waals surface area (Å²) in [6, 6.07) is 11.6. The van der Waals surface area contributed by atoms with Crippen LogP contribution in [0.5, 0.6) is 0 Å². The average Bonchev–Trinajstić information content (AvgIpc) is 3.41. The van der Waals surface area contributed by atoms with Crippen LogP contribution in [-0.4, -0.2) is 54.3 Å². The third kappa shape index (κ3) is 3.45. The molecule has 2 aliphatic rings. The molecule has 1 aliphatic heterocycles. The molecule has 8 nitrogen and oxygen atoms in total. The van der Waals surface area contributed by atoms with Gasteiger partial charge in [0.1, 0.15) is 6.04 Å².